The van der Waals surface area contributed by atoms with Gasteiger partial charge in [-0.05, 0) is 90.6 Å². The fraction of sp³-hybridized carbons (Fsp3) is 0.0926. The van der Waals surface area contributed by atoms with E-state index in [9.17, 15) is 0 Å². The van der Waals surface area contributed by atoms with Gasteiger partial charge in [-0.25, -0.2) is 15.0 Å². The molecule has 1 aromatic heterocycles. The molecule has 3 nitrogen and oxygen atoms in total. The summed E-state index contributed by atoms with van der Waals surface area (Å²) in [6.07, 6.45) is 9.91. The molecule has 266 valence electrons. The van der Waals surface area contributed by atoms with Crippen molar-refractivity contribution in [2.24, 2.45) is 11.8 Å². The van der Waals surface area contributed by atoms with Gasteiger partial charge in [0.2, 0.25) is 0 Å². The lowest BCUT2D eigenvalue weighted by atomic mass is 9.69. The molecular weight excluding hydrogens is 691 g/mol. The summed E-state index contributed by atoms with van der Waals surface area (Å²) in [5.74, 6) is 4.15. The van der Waals surface area contributed by atoms with E-state index in [1.165, 1.54) is 61.2 Å². The number of benzene rings is 7. The third kappa shape index (κ3) is 4.29. The quantitative estimate of drug-likeness (QED) is 0.170. The fourth-order valence-electron chi connectivity index (χ4n) is 10.9. The lowest BCUT2D eigenvalue weighted by Crippen LogP contribution is -2.26. The van der Waals surface area contributed by atoms with Crippen molar-refractivity contribution >= 4 is 0 Å². The molecule has 0 N–H and O–H groups in total. The second kappa shape index (κ2) is 11.5. The minimum absolute atomic E-state index is 0.346. The molecule has 8 aromatic rings. The molecule has 3 atom stereocenters. The van der Waals surface area contributed by atoms with Gasteiger partial charge in [-0.2, -0.15) is 0 Å². The molecule has 3 heteroatoms. The average Bonchev–Trinajstić information content (AvgIpc) is 3.94. The van der Waals surface area contributed by atoms with Gasteiger partial charge in [-0.15, -0.1) is 0 Å². The normalized spacial score (nSPS) is 22.0. The van der Waals surface area contributed by atoms with E-state index in [2.05, 4.69) is 152 Å². The molecule has 1 saturated carbocycles. The van der Waals surface area contributed by atoms with Gasteiger partial charge in [0.1, 0.15) is 0 Å². The number of nitrogens with zero attached hydrogens (tertiary/aromatic N) is 3. The van der Waals surface area contributed by atoms with Crippen LogP contribution in [0.2, 0.25) is 0 Å². The Morgan fingerprint density at radius 2 is 0.860 bits per heavy atom. The Balaban J connectivity index is 0.980. The first-order valence-electron chi connectivity index (χ1n) is 20.1. The zero-order valence-electron chi connectivity index (χ0n) is 31.0. The Morgan fingerprint density at radius 3 is 1.51 bits per heavy atom. The molecule has 0 amide bonds. The van der Waals surface area contributed by atoms with E-state index in [-0.39, 0.29) is 0 Å². The van der Waals surface area contributed by atoms with Gasteiger partial charge in [-0.1, -0.05) is 182 Å². The predicted octanol–water partition coefficient (Wildman–Crippen LogP) is 12.4. The maximum absolute atomic E-state index is 5.01. The maximum atomic E-state index is 5.01. The zero-order valence-corrected chi connectivity index (χ0v) is 31.0. The molecule has 14 rings (SSSR count). The van der Waals surface area contributed by atoms with Gasteiger partial charge in [0.15, 0.2) is 17.5 Å². The largest absolute Gasteiger partial charge is 0.208 e. The van der Waals surface area contributed by atoms with E-state index in [0.29, 0.717) is 41.1 Å². The molecule has 6 aliphatic carbocycles. The first kappa shape index (κ1) is 31.3. The SMILES string of the molecule is C1=CC2C3C=CC1c1cc4c(cc1C23)C1(c2ccccc2-4)c2ccccc2-c2c(-c3ccc(-c4nc(-c5ccccc5)nc(-c5ccccc5)n4)cc3)cccc21. The van der Waals surface area contributed by atoms with Crippen LogP contribution in [0.15, 0.2) is 188 Å². The second-order valence-electron chi connectivity index (χ2n) is 16.2. The topological polar surface area (TPSA) is 38.7 Å². The monoisotopic (exact) mass is 725 g/mol. The molecule has 1 spiro atoms. The molecule has 0 saturated heterocycles. The molecule has 0 radical (unpaired) electrons. The van der Waals surface area contributed by atoms with Gasteiger partial charge in [-0.3, -0.25) is 0 Å². The van der Waals surface area contributed by atoms with Crippen molar-refractivity contribution in [1.82, 2.24) is 15.0 Å². The standard InChI is InChI=1S/C54H35N3/c1-3-12-34(13-4-1)51-55-52(35-14-5-2-6-15-35)57-53(56-51)36-24-22-32(23-25-36)37-18-11-21-47-50(37)41-17-8-10-20-46(41)54(47)45-19-9-7-16-38(45)43-30-42-33-26-28-39-40(29-27-33)49(39)44(42)31-48(43)54/h1-31,33,39-40,49H. The lowest BCUT2D eigenvalue weighted by Gasteiger charge is -2.31. The third-order valence-electron chi connectivity index (χ3n) is 13.4. The summed E-state index contributed by atoms with van der Waals surface area (Å²) < 4.78 is 0. The highest BCUT2D eigenvalue weighted by Crippen LogP contribution is 2.67. The summed E-state index contributed by atoms with van der Waals surface area (Å²) in [6, 6.07) is 59.7. The summed E-state index contributed by atoms with van der Waals surface area (Å²) in [6.45, 7) is 0. The minimum Gasteiger partial charge on any atom is -0.208 e. The Bertz CT molecular complexity index is 2960. The van der Waals surface area contributed by atoms with Crippen molar-refractivity contribution in [3.05, 3.63) is 221 Å². The minimum atomic E-state index is -0.397. The number of fused-ring (bicyclic) bond motifs is 10. The Hall–Kier alpha value is -6.97. The number of hydrogen-bond donors (Lipinski definition) is 0. The Kier molecular flexibility index (Phi) is 6.32. The number of hydrogen-bond acceptors (Lipinski definition) is 3. The van der Waals surface area contributed by atoms with Gasteiger partial charge in [0, 0.05) is 22.6 Å². The predicted molar refractivity (Wildman–Crippen MR) is 229 cm³/mol. The van der Waals surface area contributed by atoms with Crippen molar-refractivity contribution < 1.29 is 0 Å². The van der Waals surface area contributed by atoms with Gasteiger partial charge in [0.25, 0.3) is 0 Å². The van der Waals surface area contributed by atoms with Crippen LogP contribution in [0.1, 0.15) is 45.2 Å². The van der Waals surface area contributed by atoms with E-state index < -0.39 is 5.41 Å². The Morgan fingerprint density at radius 1 is 0.351 bits per heavy atom. The van der Waals surface area contributed by atoms with Crippen LogP contribution in [0.3, 0.4) is 0 Å². The zero-order chi connectivity index (χ0) is 37.2. The third-order valence-corrected chi connectivity index (χ3v) is 13.4. The molecular formula is C54H35N3. The summed E-state index contributed by atoms with van der Waals surface area (Å²) in [5.41, 5.74) is 18.9. The fourth-order valence-corrected chi connectivity index (χ4v) is 10.9. The molecule has 0 aliphatic heterocycles. The molecule has 57 heavy (non-hydrogen) atoms. The smallest absolute Gasteiger partial charge is 0.164 e. The molecule has 7 aromatic carbocycles. The first-order chi connectivity index (χ1) is 28.3. The summed E-state index contributed by atoms with van der Waals surface area (Å²) in [4.78, 5) is 14.9. The van der Waals surface area contributed by atoms with Crippen molar-refractivity contribution in [3.8, 4) is 67.5 Å². The van der Waals surface area contributed by atoms with Crippen LogP contribution in [0.5, 0.6) is 0 Å². The van der Waals surface area contributed by atoms with Crippen molar-refractivity contribution in [2.45, 2.75) is 17.3 Å². The van der Waals surface area contributed by atoms with E-state index in [1.807, 2.05) is 36.4 Å². The molecule has 3 unspecified atom stereocenters. The molecule has 1 fully saturated rings. The van der Waals surface area contributed by atoms with Crippen molar-refractivity contribution in [2.75, 3.05) is 0 Å². The maximum Gasteiger partial charge on any atom is 0.164 e. The van der Waals surface area contributed by atoms with Crippen molar-refractivity contribution in [1.29, 1.82) is 0 Å². The average molecular weight is 726 g/mol. The van der Waals surface area contributed by atoms with E-state index >= 15 is 0 Å². The van der Waals surface area contributed by atoms with Crippen LogP contribution in [0, 0.1) is 11.8 Å². The van der Waals surface area contributed by atoms with E-state index in [0.717, 1.165) is 16.7 Å². The number of rotatable bonds is 4. The summed E-state index contributed by atoms with van der Waals surface area (Å²) in [5, 5.41) is 0. The van der Waals surface area contributed by atoms with Crippen LogP contribution in [-0.4, -0.2) is 15.0 Å². The highest BCUT2D eigenvalue weighted by molar-refractivity contribution is 6.00. The highest BCUT2D eigenvalue weighted by atomic mass is 15.0. The van der Waals surface area contributed by atoms with Crippen LogP contribution >= 0.6 is 0 Å². The van der Waals surface area contributed by atoms with Crippen LogP contribution < -0.4 is 0 Å². The summed E-state index contributed by atoms with van der Waals surface area (Å²) in [7, 11) is 0. The second-order valence-corrected chi connectivity index (χ2v) is 16.2. The van der Waals surface area contributed by atoms with Gasteiger partial charge >= 0.3 is 0 Å². The van der Waals surface area contributed by atoms with E-state index in [4.69, 9.17) is 15.0 Å². The highest BCUT2D eigenvalue weighted by Gasteiger charge is 2.55. The summed E-state index contributed by atoms with van der Waals surface area (Å²) >= 11 is 0. The lowest BCUT2D eigenvalue weighted by molar-refractivity contribution is 0.789. The van der Waals surface area contributed by atoms with Gasteiger partial charge in [0.05, 0.1) is 5.41 Å². The van der Waals surface area contributed by atoms with Crippen molar-refractivity contribution in [3.63, 3.8) is 0 Å². The van der Waals surface area contributed by atoms with Crippen LogP contribution in [0.4, 0.5) is 0 Å². The van der Waals surface area contributed by atoms with Crippen LogP contribution in [-0.2, 0) is 5.41 Å². The Labute approximate surface area is 331 Å². The van der Waals surface area contributed by atoms with Gasteiger partial charge < -0.3 is 0 Å². The molecule has 4 bridgehead atoms. The molecule has 1 heterocycles. The van der Waals surface area contributed by atoms with Crippen LogP contribution in [0.25, 0.3) is 67.5 Å². The first-order valence-corrected chi connectivity index (χ1v) is 20.1. The number of aromatic nitrogens is 3. The van der Waals surface area contributed by atoms with E-state index in [1.54, 1.807) is 5.56 Å². The molecule has 6 aliphatic rings. The number of allylic oxidation sites excluding steroid dienone is 4.